The van der Waals surface area contributed by atoms with Gasteiger partial charge in [0.1, 0.15) is 11.4 Å². The van der Waals surface area contributed by atoms with Crippen molar-refractivity contribution in [3.8, 4) is 22.8 Å². The fraction of sp³-hybridized carbons (Fsp3) is 0.0526. The topological polar surface area (TPSA) is 61.7 Å². The number of hydrogen-bond donors (Lipinski definition) is 1. The van der Waals surface area contributed by atoms with Gasteiger partial charge >= 0.3 is 0 Å². The molecule has 0 aliphatic carbocycles. The summed E-state index contributed by atoms with van der Waals surface area (Å²) in [5.41, 5.74) is 11.3. The second kappa shape index (κ2) is 5.70. The summed E-state index contributed by atoms with van der Waals surface area (Å²) >= 11 is 0. The lowest BCUT2D eigenvalue weighted by atomic mass is 10.2. The molecule has 4 aromatic rings. The van der Waals surface area contributed by atoms with Gasteiger partial charge in [0, 0.05) is 6.20 Å². The second-order valence-corrected chi connectivity index (χ2v) is 5.58. The average Bonchev–Trinajstić information content (AvgIpc) is 3.23. The Bertz CT molecular complexity index is 968. The van der Waals surface area contributed by atoms with Crippen LogP contribution in [0.3, 0.4) is 0 Å². The first-order chi connectivity index (χ1) is 11.7. The van der Waals surface area contributed by atoms with Crippen LogP contribution in [-0.2, 0) is 0 Å². The van der Waals surface area contributed by atoms with Gasteiger partial charge in [-0.3, -0.25) is 0 Å². The molecule has 0 amide bonds. The molecule has 5 heteroatoms. The van der Waals surface area contributed by atoms with Crippen LogP contribution in [0.25, 0.3) is 22.8 Å². The van der Waals surface area contributed by atoms with Gasteiger partial charge in [0.25, 0.3) is 0 Å². The molecule has 24 heavy (non-hydrogen) atoms. The summed E-state index contributed by atoms with van der Waals surface area (Å²) in [5.74, 6) is 0. The molecule has 2 aromatic carbocycles. The Balaban J connectivity index is 1.77. The van der Waals surface area contributed by atoms with Crippen molar-refractivity contribution in [1.29, 1.82) is 0 Å². The predicted octanol–water partition coefficient (Wildman–Crippen LogP) is 3.62. The van der Waals surface area contributed by atoms with Gasteiger partial charge in [-0.05, 0) is 37.3 Å². The molecule has 0 spiro atoms. The number of hydrogen-bond acceptors (Lipinski definition) is 3. The number of nitrogens with two attached hydrogens (primary N) is 1. The molecule has 0 saturated heterocycles. The molecule has 0 unspecified atom stereocenters. The van der Waals surface area contributed by atoms with Crippen molar-refractivity contribution in [3.63, 3.8) is 0 Å². The van der Waals surface area contributed by atoms with Crippen LogP contribution in [0.2, 0.25) is 0 Å². The van der Waals surface area contributed by atoms with Crippen molar-refractivity contribution >= 4 is 5.69 Å². The third kappa shape index (κ3) is 2.36. The smallest absolute Gasteiger partial charge is 0.136 e. The minimum absolute atomic E-state index is 0.650. The summed E-state index contributed by atoms with van der Waals surface area (Å²) in [5, 5.41) is 9.29. The zero-order valence-corrected chi connectivity index (χ0v) is 13.3. The lowest BCUT2D eigenvalue weighted by Crippen LogP contribution is -1.99. The van der Waals surface area contributed by atoms with E-state index < -0.39 is 0 Å². The number of para-hydroxylation sites is 2. The minimum Gasteiger partial charge on any atom is -0.395 e. The number of anilines is 1. The fourth-order valence-electron chi connectivity index (χ4n) is 2.70. The van der Waals surface area contributed by atoms with Crippen LogP contribution in [0.5, 0.6) is 0 Å². The van der Waals surface area contributed by atoms with Crippen LogP contribution in [0, 0.1) is 6.92 Å². The fourth-order valence-corrected chi connectivity index (χ4v) is 2.70. The quantitative estimate of drug-likeness (QED) is 0.628. The molecule has 0 fully saturated rings. The molecular formula is C19H17N5. The Morgan fingerprint density at radius 1 is 0.792 bits per heavy atom. The summed E-state index contributed by atoms with van der Waals surface area (Å²) in [6, 6.07) is 21.9. The highest BCUT2D eigenvalue weighted by Crippen LogP contribution is 2.28. The van der Waals surface area contributed by atoms with Gasteiger partial charge in [0.2, 0.25) is 0 Å². The van der Waals surface area contributed by atoms with Crippen molar-refractivity contribution < 1.29 is 0 Å². The maximum atomic E-state index is 6.29. The zero-order chi connectivity index (χ0) is 16.5. The first kappa shape index (κ1) is 14.3. The summed E-state index contributed by atoms with van der Waals surface area (Å²) in [7, 11) is 0. The third-order valence-corrected chi connectivity index (χ3v) is 4.02. The molecule has 0 bridgehead atoms. The van der Waals surface area contributed by atoms with Gasteiger partial charge in [-0.1, -0.05) is 36.4 Å². The molecule has 0 aliphatic heterocycles. The number of nitrogens with zero attached hydrogens (tertiary/aromatic N) is 4. The maximum Gasteiger partial charge on any atom is 0.136 e. The van der Waals surface area contributed by atoms with Crippen LogP contribution < -0.4 is 5.73 Å². The Labute approximate surface area is 140 Å². The van der Waals surface area contributed by atoms with Gasteiger partial charge < -0.3 is 5.73 Å². The van der Waals surface area contributed by atoms with E-state index in [1.54, 1.807) is 0 Å². The lowest BCUT2D eigenvalue weighted by molar-refractivity contribution is 0.842. The van der Waals surface area contributed by atoms with Crippen LogP contribution >= 0.6 is 0 Å². The van der Waals surface area contributed by atoms with Gasteiger partial charge in [0.05, 0.1) is 22.8 Å². The lowest BCUT2D eigenvalue weighted by Gasteiger charge is -2.02. The van der Waals surface area contributed by atoms with Gasteiger partial charge in [0.15, 0.2) is 0 Å². The summed E-state index contributed by atoms with van der Waals surface area (Å²) in [4.78, 5) is 0. The normalized spacial score (nSPS) is 10.9. The van der Waals surface area contributed by atoms with E-state index in [9.17, 15) is 0 Å². The van der Waals surface area contributed by atoms with Crippen LogP contribution in [-0.4, -0.2) is 19.6 Å². The van der Waals surface area contributed by atoms with E-state index in [1.165, 1.54) is 0 Å². The number of rotatable bonds is 3. The number of aromatic nitrogens is 4. The zero-order valence-electron chi connectivity index (χ0n) is 13.3. The van der Waals surface area contributed by atoms with E-state index in [1.807, 2.05) is 89.2 Å². The average molecular weight is 315 g/mol. The highest BCUT2D eigenvalue weighted by Gasteiger charge is 2.17. The second-order valence-electron chi connectivity index (χ2n) is 5.58. The van der Waals surface area contributed by atoms with Crippen LogP contribution in [0.4, 0.5) is 5.69 Å². The van der Waals surface area contributed by atoms with E-state index in [0.29, 0.717) is 11.4 Å². The molecule has 2 aromatic heterocycles. The molecule has 0 atom stereocenters. The number of nitrogen functional groups attached to an aromatic ring is 1. The molecule has 4 rings (SSSR count). The Morgan fingerprint density at radius 2 is 1.42 bits per heavy atom. The largest absolute Gasteiger partial charge is 0.395 e. The maximum absolute atomic E-state index is 6.29. The molecule has 2 N–H and O–H groups in total. The van der Waals surface area contributed by atoms with Crippen LogP contribution in [0.1, 0.15) is 5.69 Å². The van der Waals surface area contributed by atoms with E-state index in [-0.39, 0.29) is 0 Å². The molecule has 0 aliphatic rings. The van der Waals surface area contributed by atoms with Gasteiger partial charge in [-0.2, -0.15) is 10.2 Å². The van der Waals surface area contributed by atoms with Crippen LogP contribution in [0.15, 0.2) is 72.9 Å². The minimum atomic E-state index is 0.650. The highest BCUT2D eigenvalue weighted by molar-refractivity contribution is 5.72. The van der Waals surface area contributed by atoms with Gasteiger partial charge in [-0.25, -0.2) is 9.36 Å². The van der Waals surface area contributed by atoms with E-state index in [2.05, 4.69) is 10.2 Å². The Hall–Kier alpha value is -3.34. The summed E-state index contributed by atoms with van der Waals surface area (Å²) in [6.45, 7) is 1.97. The van der Waals surface area contributed by atoms with E-state index >= 15 is 0 Å². The molecule has 118 valence electrons. The van der Waals surface area contributed by atoms with Crippen molar-refractivity contribution in [1.82, 2.24) is 19.6 Å². The summed E-state index contributed by atoms with van der Waals surface area (Å²) in [6.07, 6.45) is 1.92. The molecule has 2 heterocycles. The molecule has 0 radical (unpaired) electrons. The SMILES string of the molecule is Cc1c(N)c(-c2ccn(-c3ccccc3)n2)nn1-c1ccccc1. The highest BCUT2D eigenvalue weighted by atomic mass is 15.3. The molecule has 0 saturated carbocycles. The Morgan fingerprint density at radius 3 is 2.08 bits per heavy atom. The molecular weight excluding hydrogens is 298 g/mol. The monoisotopic (exact) mass is 315 g/mol. The third-order valence-electron chi connectivity index (χ3n) is 4.02. The van der Waals surface area contributed by atoms with Gasteiger partial charge in [-0.15, -0.1) is 0 Å². The van der Waals surface area contributed by atoms with Crippen molar-refractivity contribution in [3.05, 3.63) is 78.6 Å². The molecule has 5 nitrogen and oxygen atoms in total. The van der Waals surface area contributed by atoms with Crippen molar-refractivity contribution in [2.24, 2.45) is 0 Å². The number of benzene rings is 2. The first-order valence-corrected chi connectivity index (χ1v) is 7.76. The van der Waals surface area contributed by atoms with E-state index in [0.717, 1.165) is 22.8 Å². The predicted molar refractivity (Wildman–Crippen MR) is 95.3 cm³/mol. The van der Waals surface area contributed by atoms with Crippen molar-refractivity contribution in [2.45, 2.75) is 6.92 Å². The first-order valence-electron chi connectivity index (χ1n) is 7.76. The van der Waals surface area contributed by atoms with Crippen molar-refractivity contribution in [2.75, 3.05) is 5.73 Å². The standard InChI is InChI=1S/C19H17N5/c1-14-18(20)19(22-24(14)16-10-6-3-7-11-16)17-12-13-23(21-17)15-8-4-2-5-9-15/h2-13H,20H2,1H3. The van der Waals surface area contributed by atoms with E-state index in [4.69, 9.17) is 5.73 Å². The summed E-state index contributed by atoms with van der Waals surface area (Å²) < 4.78 is 3.68. The Kier molecular flexibility index (Phi) is 3.39.